The Hall–Kier alpha value is -2.60. The molecule has 1 aromatic heterocycles. The molecule has 0 aliphatic rings. The van der Waals surface area contributed by atoms with Gasteiger partial charge >= 0.3 is 5.97 Å². The SMILES string of the molecule is COCc1ccc(C=Nc2ccc(O)c(C(=O)O)c2)o1. The number of hydrogen-bond donors (Lipinski definition) is 2. The Labute approximate surface area is 115 Å². The molecule has 6 heteroatoms. The fourth-order valence-electron chi connectivity index (χ4n) is 1.60. The molecule has 2 rings (SSSR count). The number of nitrogens with zero attached hydrogens (tertiary/aromatic N) is 1. The molecule has 104 valence electrons. The van der Waals surface area contributed by atoms with Crippen molar-refractivity contribution in [2.75, 3.05) is 7.11 Å². The third-order valence-electron chi connectivity index (χ3n) is 2.52. The van der Waals surface area contributed by atoms with E-state index in [1.54, 1.807) is 19.2 Å². The molecule has 0 unspecified atom stereocenters. The predicted octanol–water partition coefficient (Wildman–Crippen LogP) is 2.58. The van der Waals surface area contributed by atoms with Crippen molar-refractivity contribution in [3.8, 4) is 5.75 Å². The van der Waals surface area contributed by atoms with Crippen molar-refractivity contribution >= 4 is 17.9 Å². The van der Waals surface area contributed by atoms with Gasteiger partial charge in [-0.2, -0.15) is 0 Å². The molecule has 0 aliphatic carbocycles. The van der Waals surface area contributed by atoms with E-state index in [1.807, 2.05) is 0 Å². The number of ether oxygens (including phenoxy) is 1. The number of aromatic carboxylic acids is 1. The quantitative estimate of drug-likeness (QED) is 0.818. The molecule has 0 spiro atoms. The molecule has 20 heavy (non-hydrogen) atoms. The van der Waals surface area contributed by atoms with Gasteiger partial charge in [0, 0.05) is 7.11 Å². The second-order valence-electron chi connectivity index (χ2n) is 4.00. The van der Waals surface area contributed by atoms with Gasteiger partial charge in [0.15, 0.2) is 0 Å². The van der Waals surface area contributed by atoms with E-state index in [9.17, 15) is 9.90 Å². The lowest BCUT2D eigenvalue weighted by molar-refractivity contribution is 0.0694. The predicted molar refractivity (Wildman–Crippen MR) is 71.7 cm³/mol. The molecule has 0 amide bonds. The van der Waals surface area contributed by atoms with Crippen LogP contribution in [0, 0.1) is 0 Å². The minimum atomic E-state index is -1.21. The van der Waals surface area contributed by atoms with Gasteiger partial charge in [-0.15, -0.1) is 0 Å². The molecule has 1 heterocycles. The van der Waals surface area contributed by atoms with E-state index in [4.69, 9.17) is 14.3 Å². The van der Waals surface area contributed by atoms with Crippen molar-refractivity contribution in [1.29, 1.82) is 0 Å². The minimum Gasteiger partial charge on any atom is -0.507 e. The number of rotatable bonds is 5. The standard InChI is InChI=1S/C14H13NO5/c1-19-8-11-4-3-10(20-11)7-15-9-2-5-13(16)12(6-9)14(17)18/h2-7,16H,8H2,1H3,(H,17,18). The number of benzene rings is 1. The Morgan fingerprint density at radius 2 is 2.20 bits per heavy atom. The van der Waals surface area contributed by atoms with Crippen LogP contribution >= 0.6 is 0 Å². The zero-order valence-electron chi connectivity index (χ0n) is 10.7. The highest BCUT2D eigenvalue weighted by Gasteiger charge is 2.09. The molecular weight excluding hydrogens is 262 g/mol. The van der Waals surface area contributed by atoms with E-state index in [1.165, 1.54) is 24.4 Å². The Balaban J connectivity index is 2.18. The number of furan rings is 1. The van der Waals surface area contributed by atoms with Crippen LogP contribution in [0.3, 0.4) is 0 Å². The monoisotopic (exact) mass is 275 g/mol. The summed E-state index contributed by atoms with van der Waals surface area (Å²) in [6.45, 7) is 0.371. The maximum absolute atomic E-state index is 10.9. The van der Waals surface area contributed by atoms with Crippen molar-refractivity contribution in [1.82, 2.24) is 0 Å². The van der Waals surface area contributed by atoms with Crippen molar-refractivity contribution in [2.24, 2.45) is 4.99 Å². The summed E-state index contributed by atoms with van der Waals surface area (Å²) in [7, 11) is 1.57. The summed E-state index contributed by atoms with van der Waals surface area (Å²) in [6, 6.07) is 7.58. The molecule has 0 atom stereocenters. The summed E-state index contributed by atoms with van der Waals surface area (Å²) < 4.78 is 10.3. The average Bonchev–Trinajstić information content (AvgIpc) is 2.86. The fraction of sp³-hybridized carbons (Fsp3) is 0.143. The van der Waals surface area contributed by atoms with E-state index in [0.29, 0.717) is 23.8 Å². The first-order chi connectivity index (χ1) is 9.60. The lowest BCUT2D eigenvalue weighted by atomic mass is 10.2. The number of phenols is 1. The second-order valence-corrected chi connectivity index (χ2v) is 4.00. The van der Waals surface area contributed by atoms with Gasteiger partial charge in [-0.05, 0) is 30.3 Å². The number of hydrogen-bond acceptors (Lipinski definition) is 5. The van der Waals surface area contributed by atoms with Gasteiger partial charge in [0.1, 0.15) is 29.4 Å². The van der Waals surface area contributed by atoms with Crippen molar-refractivity contribution in [3.05, 3.63) is 47.4 Å². The van der Waals surface area contributed by atoms with Gasteiger partial charge in [0.05, 0.1) is 11.9 Å². The van der Waals surface area contributed by atoms with Gasteiger partial charge in [0.2, 0.25) is 0 Å². The number of aromatic hydroxyl groups is 1. The lowest BCUT2D eigenvalue weighted by Crippen LogP contribution is -1.95. The van der Waals surface area contributed by atoms with Crippen LogP contribution in [0.15, 0.2) is 39.7 Å². The maximum atomic E-state index is 10.9. The summed E-state index contributed by atoms with van der Waals surface area (Å²) in [5.74, 6) is -0.301. The van der Waals surface area contributed by atoms with Gasteiger partial charge in [0.25, 0.3) is 0 Å². The van der Waals surface area contributed by atoms with Gasteiger partial charge < -0.3 is 19.4 Å². The Morgan fingerprint density at radius 1 is 1.40 bits per heavy atom. The Bertz CT molecular complexity index is 645. The molecule has 6 nitrogen and oxygen atoms in total. The number of aliphatic imine (C=N–C) groups is 1. The van der Waals surface area contributed by atoms with Crippen LogP contribution < -0.4 is 0 Å². The second kappa shape index (κ2) is 6.03. The van der Waals surface area contributed by atoms with Crippen LogP contribution in [0.1, 0.15) is 21.9 Å². The van der Waals surface area contributed by atoms with E-state index < -0.39 is 5.97 Å². The molecule has 0 aliphatic heterocycles. The van der Waals surface area contributed by atoms with E-state index in [2.05, 4.69) is 4.99 Å². The number of carbonyl (C=O) groups is 1. The molecule has 0 bridgehead atoms. The minimum absolute atomic E-state index is 0.195. The van der Waals surface area contributed by atoms with Crippen LogP contribution in [0.4, 0.5) is 5.69 Å². The zero-order chi connectivity index (χ0) is 14.5. The molecule has 0 saturated carbocycles. The molecule has 2 N–H and O–H groups in total. The van der Waals surface area contributed by atoms with Gasteiger partial charge in [-0.25, -0.2) is 4.79 Å². The first-order valence-electron chi connectivity index (χ1n) is 5.78. The average molecular weight is 275 g/mol. The first-order valence-corrected chi connectivity index (χ1v) is 5.78. The third-order valence-corrected chi connectivity index (χ3v) is 2.52. The summed E-state index contributed by atoms with van der Waals surface area (Å²) in [5, 5.41) is 18.3. The largest absolute Gasteiger partial charge is 0.507 e. The van der Waals surface area contributed by atoms with Crippen LogP contribution in [0.5, 0.6) is 5.75 Å². The van der Waals surface area contributed by atoms with E-state index in [-0.39, 0.29) is 11.3 Å². The van der Waals surface area contributed by atoms with Gasteiger partial charge in [-0.1, -0.05) is 0 Å². The molecule has 0 saturated heterocycles. The topological polar surface area (TPSA) is 92.3 Å². The normalized spacial score (nSPS) is 11.1. The first kappa shape index (κ1) is 13.8. The summed E-state index contributed by atoms with van der Waals surface area (Å²) in [4.78, 5) is 15.0. The number of carboxylic acids is 1. The molecule has 2 aromatic rings. The Morgan fingerprint density at radius 3 is 2.90 bits per heavy atom. The maximum Gasteiger partial charge on any atom is 0.339 e. The highest BCUT2D eigenvalue weighted by Crippen LogP contribution is 2.23. The summed E-state index contributed by atoms with van der Waals surface area (Å²) in [6.07, 6.45) is 1.47. The van der Waals surface area contributed by atoms with Crippen LogP contribution in [-0.4, -0.2) is 29.5 Å². The number of methoxy groups -OCH3 is 1. The van der Waals surface area contributed by atoms with Crippen LogP contribution in [0.2, 0.25) is 0 Å². The molecule has 0 fully saturated rings. The molecular formula is C14H13NO5. The van der Waals surface area contributed by atoms with Crippen LogP contribution in [0.25, 0.3) is 0 Å². The summed E-state index contributed by atoms with van der Waals surface area (Å²) in [5.41, 5.74) is 0.212. The van der Waals surface area contributed by atoms with Crippen molar-refractivity contribution in [3.63, 3.8) is 0 Å². The fourth-order valence-corrected chi connectivity index (χ4v) is 1.60. The third kappa shape index (κ3) is 3.24. The lowest BCUT2D eigenvalue weighted by Gasteiger charge is -2.00. The highest BCUT2D eigenvalue weighted by molar-refractivity contribution is 5.92. The van der Waals surface area contributed by atoms with E-state index >= 15 is 0 Å². The summed E-state index contributed by atoms with van der Waals surface area (Å²) >= 11 is 0. The zero-order valence-corrected chi connectivity index (χ0v) is 10.7. The molecule has 0 radical (unpaired) electrons. The smallest absolute Gasteiger partial charge is 0.339 e. The van der Waals surface area contributed by atoms with Crippen LogP contribution in [-0.2, 0) is 11.3 Å². The molecule has 1 aromatic carbocycles. The highest BCUT2D eigenvalue weighted by atomic mass is 16.5. The van der Waals surface area contributed by atoms with Gasteiger partial charge in [-0.3, -0.25) is 4.99 Å². The Kier molecular flexibility index (Phi) is 4.17. The van der Waals surface area contributed by atoms with E-state index in [0.717, 1.165) is 0 Å². The number of carboxylic acid groups (broad SMARTS) is 1. The van der Waals surface area contributed by atoms with Crippen molar-refractivity contribution < 1.29 is 24.2 Å². The van der Waals surface area contributed by atoms with Crippen molar-refractivity contribution in [2.45, 2.75) is 6.61 Å².